The van der Waals surface area contributed by atoms with E-state index in [0.29, 0.717) is 90.4 Å². The zero-order valence-electron chi connectivity index (χ0n) is 51.0. The average Bonchev–Trinajstić information content (AvgIpc) is 3.22. The van der Waals surface area contributed by atoms with Crippen molar-refractivity contribution < 1.29 is 35.8 Å². The first-order valence-electron chi connectivity index (χ1n) is 32.3. The van der Waals surface area contributed by atoms with Gasteiger partial charge in [-0.15, -0.1) is 0 Å². The molecule has 6 fully saturated rings. The number of nitrogens with two attached hydrogens (primary N) is 2. The number of methoxy groups -OCH3 is 1. The Morgan fingerprint density at radius 2 is 0.833 bits per heavy atom. The molecule has 12 atom stereocenters. The molecular formula is C67H119Cl4Mn2N15O2. The monoisotopic (exact) mass is 1420 g/mol. The van der Waals surface area contributed by atoms with Crippen molar-refractivity contribution in [1.29, 1.82) is 0 Å². The van der Waals surface area contributed by atoms with Gasteiger partial charge in [0.2, 0.25) is 5.88 Å². The number of aliphatic imine (C=N–C) groups is 2. The van der Waals surface area contributed by atoms with Crippen LogP contribution < -0.4 is 58.7 Å². The quantitative estimate of drug-likeness (QED) is 0.0602. The summed E-state index contributed by atoms with van der Waals surface area (Å²) in [5.74, 6) is 0.463. The molecule has 0 spiro atoms. The van der Waals surface area contributed by atoms with Crippen LogP contribution in [0.1, 0.15) is 217 Å². The maximum absolute atomic E-state index is 10.2. The number of halogens is 4. The van der Waals surface area contributed by atoms with Gasteiger partial charge >= 0.3 is 66.7 Å². The number of carbonyl (C=O) groups excluding carboxylic acids is 1. The van der Waals surface area contributed by atoms with E-state index in [1.54, 1.807) is 18.2 Å². The van der Waals surface area contributed by atoms with Crippen LogP contribution in [0, 0.1) is 0 Å². The molecule has 2 aliphatic heterocycles. The van der Waals surface area contributed by atoms with Crippen LogP contribution in [0.2, 0.25) is 0 Å². The molecule has 4 bridgehead atoms. The minimum absolute atomic E-state index is 0. The Morgan fingerprint density at radius 1 is 0.478 bits per heavy atom. The second-order valence-corrected chi connectivity index (χ2v) is 27.9. The number of ether oxygens (including phenoxy) is 1. The van der Waals surface area contributed by atoms with Gasteiger partial charge in [-0.25, -0.2) is 9.97 Å². The molecule has 23 heteroatoms. The normalized spacial score (nSPS) is 28.2. The summed E-state index contributed by atoms with van der Waals surface area (Å²) in [5, 5.41) is 29.9. The Morgan fingerprint density at radius 3 is 1.24 bits per heavy atom. The van der Waals surface area contributed by atoms with Gasteiger partial charge in [-0.05, 0) is 107 Å². The summed E-state index contributed by atoms with van der Waals surface area (Å²) in [6.45, 7) is 7.94. The number of rotatable bonds is 7. The molecule has 12 N–H and O–H groups in total. The van der Waals surface area contributed by atoms with Gasteiger partial charge in [0.15, 0.2) is 6.29 Å². The summed E-state index contributed by atoms with van der Waals surface area (Å²) in [6.07, 6.45) is 35.2. The fourth-order valence-corrected chi connectivity index (χ4v) is 13.4. The van der Waals surface area contributed by atoms with Crippen LogP contribution in [0.25, 0.3) is 0 Å². The van der Waals surface area contributed by atoms with Crippen LogP contribution in [-0.4, -0.2) is 153 Å². The number of hydrogen-bond donors (Lipinski definition) is 10. The van der Waals surface area contributed by atoms with E-state index >= 15 is 0 Å². The maximum Gasteiger partial charge on any atom is 0.0545 e. The Labute approximate surface area is 574 Å². The van der Waals surface area contributed by atoms with E-state index in [9.17, 15) is 4.79 Å². The second kappa shape index (κ2) is 51.3. The third-order valence-electron chi connectivity index (χ3n) is 18.1. The Kier molecular flexibility index (Phi) is 48.0. The van der Waals surface area contributed by atoms with Crippen LogP contribution in [0.15, 0.2) is 64.6 Å². The number of carbonyl (C=O) groups is 1. The number of aromatic nitrogens is 3. The molecule has 0 aromatic carbocycles. The van der Waals surface area contributed by atoms with Gasteiger partial charge in [0.05, 0.1) is 42.0 Å². The van der Waals surface area contributed by atoms with Crippen molar-refractivity contribution in [1.82, 2.24) is 57.5 Å². The predicted octanol–water partition coefficient (Wildman–Crippen LogP) is 11.7. The third-order valence-corrected chi connectivity index (χ3v) is 18.1. The Bertz CT molecular complexity index is 2220. The SMILES string of the molecule is C.C.C.C.C1=NC2CCCC[C@H]2NCCN[C@@H]2CCCCC2N=Cc2cccc1n2.COc1cccc(C=O)n1.N[C@@H]1CCCCC1NCCN[C@@H]1CCCC[C@H]1N.[Cl][Mn][Cl].[Cl][Mn][Cl].c1cc2nc(c1)CNC1CCCC[C@H]1NCCN[C@@H]1CCCCC1NC2. The summed E-state index contributed by atoms with van der Waals surface area (Å²) >= 11 is 0.0139. The molecule has 3 aromatic rings. The molecule has 8 aliphatic rings. The number of hydrogen-bond acceptors (Lipinski definition) is 17. The molecule has 17 nitrogen and oxygen atoms in total. The zero-order valence-corrected chi connectivity index (χ0v) is 56.3. The summed E-state index contributed by atoms with van der Waals surface area (Å²) < 4.78 is 4.79. The Balaban J connectivity index is 0.000000407. The first kappa shape index (κ1) is 84.1. The van der Waals surface area contributed by atoms with Crippen molar-refractivity contribution >= 4 is 59.1 Å². The van der Waals surface area contributed by atoms with Gasteiger partial charge in [0.1, 0.15) is 5.69 Å². The number of aldehydes is 1. The van der Waals surface area contributed by atoms with Crippen LogP contribution >= 0.6 is 40.4 Å². The molecule has 5 heterocycles. The predicted molar refractivity (Wildman–Crippen MR) is 377 cm³/mol. The number of pyridine rings is 3. The molecule has 90 heavy (non-hydrogen) atoms. The summed E-state index contributed by atoms with van der Waals surface area (Å²) in [4.78, 5) is 33.4. The first-order valence-corrected chi connectivity index (χ1v) is 38.8. The van der Waals surface area contributed by atoms with Crippen molar-refractivity contribution in [3.63, 3.8) is 0 Å². The van der Waals surface area contributed by atoms with Gasteiger partial charge in [0.25, 0.3) is 0 Å². The fourth-order valence-electron chi connectivity index (χ4n) is 13.4. The number of nitrogens with zero attached hydrogens (tertiary/aromatic N) is 5. The molecule has 6 saturated carbocycles. The van der Waals surface area contributed by atoms with E-state index < -0.39 is 0 Å². The molecular weight excluding hydrogens is 1300 g/mol. The van der Waals surface area contributed by atoms with Gasteiger partial charge < -0.3 is 58.7 Å². The van der Waals surface area contributed by atoms with Crippen LogP contribution in [0.5, 0.6) is 5.88 Å². The standard InChI is InChI=1S/C21H35N5.C21H31N5.C14H30N4.C7H7NO2.4CH4.4ClH.2Mn/c2*1-3-10-20-18(8-1)22-12-13-23-19-9-2-4-11-21(19)25-15-17-7-5-6-16(26-17)14-24-20;15-11-5-1-3-7-13(11)17-9-10-18-14-8-4-2-6-12(14)16;1-10-7-4-2-3-6(5-9)8-7;;;;;;;;;;/h5-7,18-25H,1-4,8-15H2;5-7,14-15,18-23H,1-4,8-13H2;11-14,17-18H,1-10,15-16H2;2-5H,1H3;4*1H4;4*1H;;/q;;;;;;;;;;;;2*+2/p-4/t2*18-,19-,20?,21?;11-,12-,13-,14?;;;;;;;;;;;/m111.........../s1. The smallest absolute Gasteiger partial charge is 0.0545 e. The summed E-state index contributed by atoms with van der Waals surface area (Å²) in [6, 6.07) is 23.5. The largest absolute Gasteiger partial charge is 0.311 e. The topological polar surface area (TPSA) is 238 Å². The fraction of sp³-hybridized carbons (Fsp3) is 0.731. The molecule has 6 aliphatic carbocycles. The third kappa shape index (κ3) is 32.2. The molecule has 5 unspecified atom stereocenters. The first-order chi connectivity index (χ1) is 42.2. The van der Waals surface area contributed by atoms with E-state index in [1.165, 1.54) is 173 Å². The van der Waals surface area contributed by atoms with Gasteiger partial charge in [-0.3, -0.25) is 19.8 Å². The van der Waals surface area contributed by atoms with Crippen molar-refractivity contribution in [3.05, 3.63) is 83.1 Å². The van der Waals surface area contributed by atoms with Crippen molar-refractivity contribution in [3.8, 4) is 5.88 Å². The molecule has 11 rings (SSSR count). The summed E-state index contributed by atoms with van der Waals surface area (Å²) in [5.41, 5.74) is 16.8. The van der Waals surface area contributed by atoms with E-state index in [2.05, 4.69) is 71.8 Å². The minimum Gasteiger partial charge on any atom is -0.311 e. The molecule has 0 radical (unpaired) electrons. The average molecular weight is 1420 g/mol. The zero-order chi connectivity index (χ0) is 60.8. The summed E-state index contributed by atoms with van der Waals surface area (Å²) in [7, 11) is 20.7. The molecule has 0 amide bonds. The van der Waals surface area contributed by atoms with E-state index in [1.807, 2.05) is 24.6 Å². The van der Waals surface area contributed by atoms with Gasteiger partial charge in [0, 0.05) is 131 Å². The van der Waals surface area contributed by atoms with Crippen molar-refractivity contribution in [2.75, 3.05) is 46.4 Å². The molecule has 3 aromatic heterocycles. The van der Waals surface area contributed by atoms with Crippen LogP contribution in [0.4, 0.5) is 0 Å². The number of nitrogens with one attached hydrogen (secondary N) is 8. The minimum atomic E-state index is 0. The Hall–Kier alpha value is -1.94. The van der Waals surface area contributed by atoms with E-state index in [-0.39, 0.29) is 56.0 Å². The van der Waals surface area contributed by atoms with Crippen LogP contribution in [-0.2, 0) is 39.4 Å². The molecule has 0 saturated heterocycles. The molecule has 516 valence electrons. The van der Waals surface area contributed by atoms with Gasteiger partial charge in [-0.1, -0.05) is 125 Å². The van der Waals surface area contributed by atoms with Crippen LogP contribution in [0.3, 0.4) is 0 Å². The maximum atomic E-state index is 10.2. The van der Waals surface area contributed by atoms with Crippen molar-refractivity contribution in [2.24, 2.45) is 21.5 Å². The van der Waals surface area contributed by atoms with E-state index in [0.717, 1.165) is 63.7 Å². The van der Waals surface area contributed by atoms with E-state index in [4.69, 9.17) is 76.5 Å². The van der Waals surface area contributed by atoms with Gasteiger partial charge in [-0.2, -0.15) is 0 Å². The number of fused-ring (bicyclic) bond motifs is 8. The second-order valence-electron chi connectivity index (χ2n) is 24.0. The van der Waals surface area contributed by atoms with Crippen molar-refractivity contribution in [2.45, 2.75) is 269 Å².